The SMILES string of the molecule is OB(O)c1cnc(-c2ccccc2F)c(Cl)c1. The average molecular weight is 251 g/mol. The fourth-order valence-electron chi connectivity index (χ4n) is 1.45. The van der Waals surface area contributed by atoms with Gasteiger partial charge in [0, 0.05) is 17.2 Å². The van der Waals surface area contributed by atoms with Crippen LogP contribution in [-0.2, 0) is 0 Å². The quantitative estimate of drug-likeness (QED) is 0.789. The minimum Gasteiger partial charge on any atom is -0.423 e. The molecule has 2 rings (SSSR count). The second-order valence-electron chi connectivity index (χ2n) is 3.45. The lowest BCUT2D eigenvalue weighted by atomic mass is 9.81. The summed E-state index contributed by atoms with van der Waals surface area (Å²) >= 11 is 5.93. The van der Waals surface area contributed by atoms with E-state index in [1.165, 1.54) is 18.3 Å². The van der Waals surface area contributed by atoms with Gasteiger partial charge in [-0.3, -0.25) is 4.98 Å². The summed E-state index contributed by atoms with van der Waals surface area (Å²) in [5.74, 6) is -0.431. The molecule has 0 aliphatic carbocycles. The minimum atomic E-state index is -1.64. The van der Waals surface area contributed by atoms with Gasteiger partial charge in [0.2, 0.25) is 0 Å². The van der Waals surface area contributed by atoms with Crippen molar-refractivity contribution in [1.29, 1.82) is 0 Å². The maximum Gasteiger partial charge on any atom is 0.490 e. The van der Waals surface area contributed by atoms with Crippen LogP contribution in [0, 0.1) is 5.82 Å². The predicted octanol–water partition coefficient (Wildman–Crippen LogP) is 1.22. The van der Waals surface area contributed by atoms with Crippen LogP contribution >= 0.6 is 11.6 Å². The van der Waals surface area contributed by atoms with E-state index < -0.39 is 12.9 Å². The largest absolute Gasteiger partial charge is 0.490 e. The van der Waals surface area contributed by atoms with E-state index in [4.69, 9.17) is 21.6 Å². The zero-order valence-electron chi connectivity index (χ0n) is 8.64. The first kappa shape index (κ1) is 12.0. The molecule has 0 fully saturated rings. The first-order valence-corrected chi connectivity index (χ1v) is 5.24. The van der Waals surface area contributed by atoms with Crippen LogP contribution in [0.3, 0.4) is 0 Å². The highest BCUT2D eigenvalue weighted by Gasteiger charge is 2.15. The maximum atomic E-state index is 13.5. The lowest BCUT2D eigenvalue weighted by molar-refractivity contribution is 0.425. The Labute approximate surface area is 103 Å². The zero-order chi connectivity index (χ0) is 12.4. The molecule has 0 aliphatic rings. The molecule has 0 atom stereocenters. The van der Waals surface area contributed by atoms with Crippen LogP contribution in [0.4, 0.5) is 4.39 Å². The van der Waals surface area contributed by atoms with E-state index in [0.717, 1.165) is 0 Å². The molecule has 0 bridgehead atoms. The third-order valence-corrected chi connectivity index (χ3v) is 2.58. The lowest BCUT2D eigenvalue weighted by Crippen LogP contribution is -2.30. The molecule has 0 aliphatic heterocycles. The third-order valence-electron chi connectivity index (χ3n) is 2.29. The van der Waals surface area contributed by atoms with Gasteiger partial charge in [-0.2, -0.15) is 0 Å². The molecule has 3 nitrogen and oxygen atoms in total. The van der Waals surface area contributed by atoms with Gasteiger partial charge >= 0.3 is 7.12 Å². The molecular weight excluding hydrogens is 243 g/mol. The van der Waals surface area contributed by atoms with E-state index in [9.17, 15) is 4.39 Å². The molecule has 0 amide bonds. The van der Waals surface area contributed by atoms with Crippen molar-refractivity contribution in [3.05, 3.63) is 47.4 Å². The van der Waals surface area contributed by atoms with E-state index >= 15 is 0 Å². The van der Waals surface area contributed by atoms with Crippen LogP contribution in [0.2, 0.25) is 5.02 Å². The molecule has 0 radical (unpaired) electrons. The molecule has 1 aromatic carbocycles. The second-order valence-corrected chi connectivity index (χ2v) is 3.86. The summed E-state index contributed by atoms with van der Waals surface area (Å²) in [7, 11) is -1.64. The van der Waals surface area contributed by atoms with Crippen molar-refractivity contribution in [3.63, 3.8) is 0 Å². The molecular formula is C11H8BClFNO2. The monoisotopic (exact) mass is 251 g/mol. The van der Waals surface area contributed by atoms with Crippen molar-refractivity contribution in [2.45, 2.75) is 0 Å². The summed E-state index contributed by atoms with van der Waals surface area (Å²) < 4.78 is 13.5. The van der Waals surface area contributed by atoms with Crippen LogP contribution in [-0.4, -0.2) is 22.2 Å². The number of hydrogen-bond donors (Lipinski definition) is 2. The van der Waals surface area contributed by atoms with Gasteiger partial charge in [-0.1, -0.05) is 23.7 Å². The Morgan fingerprint density at radius 2 is 1.94 bits per heavy atom. The fraction of sp³-hybridized carbons (Fsp3) is 0. The van der Waals surface area contributed by atoms with Crippen molar-refractivity contribution in [1.82, 2.24) is 4.98 Å². The molecule has 1 aromatic heterocycles. The number of aromatic nitrogens is 1. The minimum absolute atomic E-state index is 0.162. The second kappa shape index (κ2) is 4.83. The number of hydrogen-bond acceptors (Lipinski definition) is 3. The van der Waals surface area contributed by atoms with Crippen molar-refractivity contribution in [2.75, 3.05) is 0 Å². The summed E-state index contributed by atoms with van der Waals surface area (Å²) in [4.78, 5) is 3.94. The van der Waals surface area contributed by atoms with Gasteiger partial charge in [-0.25, -0.2) is 4.39 Å². The van der Waals surface area contributed by atoms with E-state index in [1.807, 2.05) is 0 Å². The topological polar surface area (TPSA) is 53.4 Å². The highest BCUT2D eigenvalue weighted by Crippen LogP contribution is 2.26. The smallest absolute Gasteiger partial charge is 0.423 e. The van der Waals surface area contributed by atoms with Gasteiger partial charge in [-0.05, 0) is 18.2 Å². The van der Waals surface area contributed by atoms with Gasteiger partial charge in [0.25, 0.3) is 0 Å². The molecule has 0 spiro atoms. The normalized spacial score (nSPS) is 10.4. The van der Waals surface area contributed by atoms with Crippen LogP contribution in [0.5, 0.6) is 0 Å². The van der Waals surface area contributed by atoms with Gasteiger partial charge in [-0.15, -0.1) is 0 Å². The highest BCUT2D eigenvalue weighted by atomic mass is 35.5. The Morgan fingerprint density at radius 3 is 2.53 bits per heavy atom. The Balaban J connectivity index is 2.51. The van der Waals surface area contributed by atoms with Crippen LogP contribution in [0.25, 0.3) is 11.3 Å². The Bertz CT molecular complexity index is 551. The summed E-state index contributed by atoms with van der Waals surface area (Å²) in [5.41, 5.74) is 0.709. The number of benzene rings is 1. The van der Waals surface area contributed by atoms with Crippen molar-refractivity contribution in [3.8, 4) is 11.3 Å². The van der Waals surface area contributed by atoms with Crippen LogP contribution in [0.15, 0.2) is 36.5 Å². The standard InChI is InChI=1S/C11H8BClFNO2/c13-9-5-7(12(16)17)6-15-11(9)8-3-1-2-4-10(8)14/h1-6,16-17H. The van der Waals surface area contributed by atoms with Crippen LogP contribution < -0.4 is 5.46 Å². The van der Waals surface area contributed by atoms with E-state index in [-0.39, 0.29) is 21.7 Å². The van der Waals surface area contributed by atoms with Crippen molar-refractivity contribution >= 4 is 24.2 Å². The molecule has 1 heterocycles. The number of rotatable bonds is 2. The Morgan fingerprint density at radius 1 is 1.24 bits per heavy atom. The van der Waals surface area contributed by atoms with Crippen molar-refractivity contribution in [2.24, 2.45) is 0 Å². The van der Waals surface area contributed by atoms with E-state index in [1.54, 1.807) is 18.2 Å². The summed E-state index contributed by atoms with van der Waals surface area (Å²) in [6, 6.07) is 7.45. The van der Waals surface area contributed by atoms with E-state index in [2.05, 4.69) is 4.98 Å². The summed E-state index contributed by atoms with van der Waals surface area (Å²) in [6.07, 6.45) is 1.25. The van der Waals surface area contributed by atoms with Gasteiger partial charge in [0.05, 0.1) is 10.7 Å². The number of halogens is 2. The number of pyridine rings is 1. The van der Waals surface area contributed by atoms with Gasteiger partial charge in [0.1, 0.15) is 5.82 Å². The molecule has 0 unspecified atom stereocenters. The Kier molecular flexibility index (Phi) is 3.42. The highest BCUT2D eigenvalue weighted by molar-refractivity contribution is 6.59. The predicted molar refractivity (Wildman–Crippen MR) is 64.5 cm³/mol. The van der Waals surface area contributed by atoms with Gasteiger partial charge < -0.3 is 10.0 Å². The molecule has 0 saturated heterocycles. The third kappa shape index (κ3) is 2.47. The first-order chi connectivity index (χ1) is 8.09. The molecule has 2 N–H and O–H groups in total. The number of nitrogens with zero attached hydrogens (tertiary/aromatic N) is 1. The molecule has 6 heteroatoms. The molecule has 86 valence electrons. The van der Waals surface area contributed by atoms with Crippen molar-refractivity contribution < 1.29 is 14.4 Å². The van der Waals surface area contributed by atoms with Crippen LogP contribution in [0.1, 0.15) is 0 Å². The summed E-state index contributed by atoms with van der Waals surface area (Å²) in [5, 5.41) is 18.1. The lowest BCUT2D eigenvalue weighted by Gasteiger charge is -2.06. The zero-order valence-corrected chi connectivity index (χ0v) is 9.39. The molecule has 0 saturated carbocycles. The first-order valence-electron chi connectivity index (χ1n) is 4.86. The maximum absolute atomic E-state index is 13.5. The molecule has 17 heavy (non-hydrogen) atoms. The molecule has 2 aromatic rings. The Hall–Kier alpha value is -1.43. The van der Waals surface area contributed by atoms with E-state index in [0.29, 0.717) is 0 Å². The fourth-order valence-corrected chi connectivity index (χ4v) is 1.72. The summed E-state index contributed by atoms with van der Waals surface area (Å²) in [6.45, 7) is 0. The average Bonchev–Trinajstić information content (AvgIpc) is 2.30. The van der Waals surface area contributed by atoms with Gasteiger partial charge in [0.15, 0.2) is 0 Å².